The first-order chi connectivity index (χ1) is 11.5. The number of nitrogens with one attached hydrogen (secondary N) is 1. The Balaban J connectivity index is 1.98. The topological polar surface area (TPSA) is 50.7 Å². The molecule has 2 aromatic carbocycles. The van der Waals surface area contributed by atoms with Crippen LogP contribution in [0.25, 0.3) is 0 Å². The van der Waals surface area contributed by atoms with E-state index < -0.39 is 0 Å². The summed E-state index contributed by atoms with van der Waals surface area (Å²) in [6.07, 6.45) is 0. The van der Waals surface area contributed by atoms with Crippen LogP contribution in [-0.4, -0.2) is 18.2 Å². The molecule has 5 heteroatoms. The molecule has 1 N–H and O–H groups in total. The molecule has 1 amide bonds. The summed E-state index contributed by atoms with van der Waals surface area (Å²) in [7, 11) is 0. The molecule has 0 spiro atoms. The van der Waals surface area contributed by atoms with Gasteiger partial charge in [-0.05, 0) is 42.2 Å². The van der Waals surface area contributed by atoms with Gasteiger partial charge in [0, 0.05) is 4.47 Å². The van der Waals surface area contributed by atoms with Crippen molar-refractivity contribution in [2.75, 3.05) is 6.61 Å². The van der Waals surface area contributed by atoms with Gasteiger partial charge in [0.15, 0.2) is 6.61 Å². The third-order valence-electron chi connectivity index (χ3n) is 3.41. The second-order valence-corrected chi connectivity index (χ2v) is 6.67. The Bertz CT molecular complexity index is 727. The molecule has 0 saturated heterocycles. The Morgan fingerprint density at radius 2 is 1.92 bits per heavy atom. The van der Waals surface area contributed by atoms with Crippen LogP contribution >= 0.6 is 15.9 Å². The lowest BCUT2D eigenvalue weighted by molar-refractivity contribution is -0.123. The third-order valence-corrected chi connectivity index (χ3v) is 3.91. The highest BCUT2D eigenvalue weighted by atomic mass is 79.9. The first kappa shape index (κ1) is 18.2. The zero-order valence-corrected chi connectivity index (χ0v) is 15.6. The van der Waals surface area contributed by atoms with Crippen molar-refractivity contribution >= 4 is 27.5 Å². The van der Waals surface area contributed by atoms with Gasteiger partial charge in [-0.1, -0.05) is 60.1 Å². The first-order valence-electron chi connectivity index (χ1n) is 7.78. The number of aryl methyl sites for hydroxylation is 1. The fraction of sp³-hybridized carbons (Fsp3) is 0.263. The van der Waals surface area contributed by atoms with E-state index >= 15 is 0 Å². The van der Waals surface area contributed by atoms with Gasteiger partial charge in [0.05, 0.1) is 5.71 Å². The molecule has 0 saturated carbocycles. The summed E-state index contributed by atoms with van der Waals surface area (Å²) in [4.78, 5) is 12.0. The molecule has 0 aliphatic rings. The summed E-state index contributed by atoms with van der Waals surface area (Å²) in [6, 6.07) is 15.5. The SMILES string of the molecule is Cc1cc(Br)ccc1OCC(=O)N/N=C(/c1ccccc1)C(C)C. The van der Waals surface area contributed by atoms with Crippen LogP contribution in [0.4, 0.5) is 0 Å². The molecule has 0 bridgehead atoms. The molecule has 0 radical (unpaired) electrons. The van der Waals surface area contributed by atoms with Crippen LogP contribution in [0.2, 0.25) is 0 Å². The molecular formula is C19H21BrN2O2. The monoisotopic (exact) mass is 388 g/mol. The van der Waals surface area contributed by atoms with E-state index in [1.807, 2.05) is 69.3 Å². The van der Waals surface area contributed by atoms with Gasteiger partial charge in [0.2, 0.25) is 0 Å². The molecule has 2 aromatic rings. The molecule has 24 heavy (non-hydrogen) atoms. The van der Waals surface area contributed by atoms with E-state index in [-0.39, 0.29) is 18.4 Å². The van der Waals surface area contributed by atoms with Crippen LogP contribution in [0.5, 0.6) is 5.75 Å². The highest BCUT2D eigenvalue weighted by Gasteiger charge is 2.10. The average Bonchev–Trinajstić information content (AvgIpc) is 2.55. The lowest BCUT2D eigenvalue weighted by Crippen LogP contribution is -2.27. The first-order valence-corrected chi connectivity index (χ1v) is 8.57. The normalized spacial score (nSPS) is 11.5. The number of nitrogens with zero attached hydrogens (tertiary/aromatic N) is 1. The second kappa shape index (κ2) is 8.64. The summed E-state index contributed by atoms with van der Waals surface area (Å²) in [5.74, 6) is 0.596. The molecule has 126 valence electrons. The summed E-state index contributed by atoms with van der Waals surface area (Å²) >= 11 is 3.40. The maximum Gasteiger partial charge on any atom is 0.277 e. The van der Waals surface area contributed by atoms with E-state index in [1.165, 1.54) is 0 Å². The Hall–Kier alpha value is -2.14. The van der Waals surface area contributed by atoms with Crippen LogP contribution in [0.3, 0.4) is 0 Å². The summed E-state index contributed by atoms with van der Waals surface area (Å²) in [5.41, 5.74) is 5.38. The van der Waals surface area contributed by atoms with Crippen molar-refractivity contribution in [3.63, 3.8) is 0 Å². The number of rotatable bonds is 6. The van der Waals surface area contributed by atoms with E-state index in [2.05, 4.69) is 26.5 Å². The van der Waals surface area contributed by atoms with Gasteiger partial charge < -0.3 is 4.74 Å². The highest BCUT2D eigenvalue weighted by Crippen LogP contribution is 2.21. The minimum absolute atomic E-state index is 0.0772. The minimum Gasteiger partial charge on any atom is -0.483 e. The van der Waals surface area contributed by atoms with E-state index in [1.54, 1.807) is 0 Å². The maximum atomic E-state index is 12.0. The average molecular weight is 389 g/mol. The van der Waals surface area contributed by atoms with Crippen molar-refractivity contribution < 1.29 is 9.53 Å². The number of amides is 1. The molecule has 0 heterocycles. The van der Waals surface area contributed by atoms with Crippen molar-refractivity contribution in [2.45, 2.75) is 20.8 Å². The number of halogens is 1. The largest absolute Gasteiger partial charge is 0.483 e. The highest BCUT2D eigenvalue weighted by molar-refractivity contribution is 9.10. The minimum atomic E-state index is -0.286. The van der Waals surface area contributed by atoms with E-state index in [0.717, 1.165) is 21.3 Å². The number of carbonyl (C=O) groups excluding carboxylic acids is 1. The van der Waals surface area contributed by atoms with Crippen molar-refractivity contribution in [2.24, 2.45) is 11.0 Å². The zero-order chi connectivity index (χ0) is 17.5. The Morgan fingerprint density at radius 1 is 1.21 bits per heavy atom. The molecule has 2 rings (SSSR count). The van der Waals surface area contributed by atoms with Gasteiger partial charge in [-0.25, -0.2) is 5.43 Å². The summed E-state index contributed by atoms with van der Waals surface area (Å²) < 4.78 is 6.53. The summed E-state index contributed by atoms with van der Waals surface area (Å²) in [5, 5.41) is 4.27. The molecule has 0 aliphatic heterocycles. The van der Waals surface area contributed by atoms with Gasteiger partial charge >= 0.3 is 0 Å². The van der Waals surface area contributed by atoms with Crippen molar-refractivity contribution in [3.05, 3.63) is 64.1 Å². The molecule has 0 atom stereocenters. The predicted molar refractivity (Wildman–Crippen MR) is 100 cm³/mol. The van der Waals surface area contributed by atoms with Gasteiger partial charge in [-0.2, -0.15) is 5.10 Å². The lowest BCUT2D eigenvalue weighted by atomic mass is 10.0. The van der Waals surface area contributed by atoms with Crippen molar-refractivity contribution in [3.8, 4) is 5.75 Å². The number of ether oxygens (including phenoxy) is 1. The Labute approximate surface area is 151 Å². The number of hydrazone groups is 1. The van der Waals surface area contributed by atoms with Gasteiger partial charge in [-0.3, -0.25) is 4.79 Å². The van der Waals surface area contributed by atoms with Crippen molar-refractivity contribution in [1.82, 2.24) is 5.43 Å². The molecule has 0 aliphatic carbocycles. The van der Waals surface area contributed by atoms with Crippen LogP contribution in [-0.2, 0) is 4.79 Å². The molecular weight excluding hydrogens is 368 g/mol. The van der Waals surface area contributed by atoms with E-state index in [9.17, 15) is 4.79 Å². The quantitative estimate of drug-likeness (QED) is 0.591. The van der Waals surface area contributed by atoms with Gasteiger partial charge in [0.25, 0.3) is 5.91 Å². The van der Waals surface area contributed by atoms with E-state index in [0.29, 0.717) is 5.75 Å². The number of carbonyl (C=O) groups is 1. The molecule has 0 fully saturated rings. The molecule has 0 aromatic heterocycles. The van der Waals surface area contributed by atoms with Crippen LogP contribution < -0.4 is 10.2 Å². The maximum absolute atomic E-state index is 12.0. The van der Waals surface area contributed by atoms with Crippen molar-refractivity contribution in [1.29, 1.82) is 0 Å². The fourth-order valence-corrected chi connectivity index (χ4v) is 2.68. The Kier molecular flexibility index (Phi) is 6.55. The fourth-order valence-electron chi connectivity index (χ4n) is 2.21. The van der Waals surface area contributed by atoms with Crippen LogP contribution in [0.15, 0.2) is 58.1 Å². The standard InChI is InChI=1S/C19H21BrN2O2/c1-13(2)19(15-7-5-4-6-8-15)22-21-18(23)12-24-17-10-9-16(20)11-14(17)3/h4-11,13H,12H2,1-3H3,(H,21,23)/b22-19+. The smallest absolute Gasteiger partial charge is 0.277 e. The van der Waals surface area contributed by atoms with Crippen LogP contribution in [0, 0.1) is 12.8 Å². The Morgan fingerprint density at radius 3 is 2.54 bits per heavy atom. The van der Waals surface area contributed by atoms with Gasteiger partial charge in [-0.15, -0.1) is 0 Å². The third kappa shape index (κ3) is 5.20. The van der Waals surface area contributed by atoms with Crippen LogP contribution in [0.1, 0.15) is 25.0 Å². The molecule has 4 nitrogen and oxygen atoms in total. The number of benzene rings is 2. The van der Waals surface area contributed by atoms with Gasteiger partial charge in [0.1, 0.15) is 5.75 Å². The molecule has 0 unspecified atom stereocenters. The second-order valence-electron chi connectivity index (χ2n) is 5.75. The van der Waals surface area contributed by atoms with E-state index in [4.69, 9.17) is 4.74 Å². The summed E-state index contributed by atoms with van der Waals surface area (Å²) in [6.45, 7) is 5.94. The predicted octanol–water partition coefficient (Wildman–Crippen LogP) is 4.31. The zero-order valence-electron chi connectivity index (χ0n) is 14.0. The number of hydrogen-bond donors (Lipinski definition) is 1. The lowest BCUT2D eigenvalue weighted by Gasteiger charge is -2.11. The number of hydrogen-bond acceptors (Lipinski definition) is 3.